The van der Waals surface area contributed by atoms with Gasteiger partial charge in [-0.3, -0.25) is 5.10 Å². The third kappa shape index (κ3) is 1.56. The summed E-state index contributed by atoms with van der Waals surface area (Å²) in [7, 11) is 0. The summed E-state index contributed by atoms with van der Waals surface area (Å²) < 4.78 is 0. The van der Waals surface area contributed by atoms with Crippen LogP contribution in [-0.2, 0) is 12.8 Å². The van der Waals surface area contributed by atoms with Crippen molar-refractivity contribution in [1.29, 1.82) is 0 Å². The van der Waals surface area contributed by atoms with Gasteiger partial charge in [-0.05, 0) is 36.8 Å². The van der Waals surface area contributed by atoms with Gasteiger partial charge in [0.25, 0.3) is 0 Å². The number of nitrogens with one attached hydrogen (secondary N) is 1. The highest BCUT2D eigenvalue weighted by Gasteiger charge is 2.18. The molecule has 0 saturated heterocycles. The van der Waals surface area contributed by atoms with E-state index in [9.17, 15) is 5.11 Å². The first kappa shape index (κ1) is 10.2. The van der Waals surface area contributed by atoms with Gasteiger partial charge in [0.2, 0.25) is 0 Å². The zero-order valence-corrected chi connectivity index (χ0v) is 9.53. The van der Waals surface area contributed by atoms with Gasteiger partial charge in [0, 0.05) is 11.1 Å². The molecule has 0 amide bonds. The first-order chi connectivity index (χ1) is 8.27. The number of phenols is 1. The van der Waals surface area contributed by atoms with Crippen molar-refractivity contribution < 1.29 is 5.11 Å². The number of aromatic nitrogens is 2. The molecule has 0 bridgehead atoms. The Balaban J connectivity index is 2.16. The molecule has 0 saturated carbocycles. The summed E-state index contributed by atoms with van der Waals surface area (Å²) in [6.07, 6.45) is 6.01. The molecule has 0 unspecified atom stereocenters. The molecule has 0 radical (unpaired) electrons. The molecule has 3 rings (SSSR count). The monoisotopic (exact) mass is 229 g/mol. The lowest BCUT2D eigenvalue weighted by molar-refractivity contribution is 0.464. The van der Waals surface area contributed by atoms with Crippen LogP contribution in [0.25, 0.3) is 11.1 Å². The van der Waals surface area contributed by atoms with E-state index in [1.807, 2.05) is 6.07 Å². The summed E-state index contributed by atoms with van der Waals surface area (Å²) >= 11 is 0. The lowest BCUT2D eigenvalue weighted by Gasteiger charge is -2.18. The van der Waals surface area contributed by atoms with Crippen molar-refractivity contribution in [2.45, 2.75) is 25.7 Å². The van der Waals surface area contributed by atoms with Gasteiger partial charge < -0.3 is 10.8 Å². The molecule has 0 atom stereocenters. The Morgan fingerprint density at radius 2 is 2.00 bits per heavy atom. The molecule has 4 heteroatoms. The molecular weight excluding hydrogens is 214 g/mol. The number of nitrogen functional groups attached to an aromatic ring is 1. The summed E-state index contributed by atoms with van der Waals surface area (Å²) in [4.78, 5) is 0. The third-order valence-electron chi connectivity index (χ3n) is 3.46. The number of rotatable bonds is 1. The Bertz CT molecular complexity index is 560. The van der Waals surface area contributed by atoms with Crippen LogP contribution in [0.4, 0.5) is 5.82 Å². The Kier molecular flexibility index (Phi) is 2.28. The molecule has 0 spiro atoms. The fourth-order valence-electron chi connectivity index (χ4n) is 2.54. The molecule has 4 nitrogen and oxygen atoms in total. The number of aryl methyl sites for hydroxylation is 1. The fourth-order valence-corrected chi connectivity index (χ4v) is 2.54. The molecule has 4 N–H and O–H groups in total. The summed E-state index contributed by atoms with van der Waals surface area (Å²) in [6, 6.07) is 4.02. The van der Waals surface area contributed by atoms with Crippen molar-refractivity contribution in [1.82, 2.24) is 10.2 Å². The second-order valence-corrected chi connectivity index (χ2v) is 4.50. The zero-order chi connectivity index (χ0) is 11.8. The van der Waals surface area contributed by atoms with Crippen LogP contribution >= 0.6 is 0 Å². The molecule has 1 heterocycles. The number of phenolic OH excluding ortho intramolecular Hbond substituents is 1. The van der Waals surface area contributed by atoms with E-state index in [2.05, 4.69) is 16.3 Å². The van der Waals surface area contributed by atoms with Crippen molar-refractivity contribution >= 4 is 5.82 Å². The van der Waals surface area contributed by atoms with Gasteiger partial charge in [-0.2, -0.15) is 5.10 Å². The normalized spacial score (nSPS) is 14.6. The predicted octanol–water partition coefficient (Wildman–Crippen LogP) is 2.24. The van der Waals surface area contributed by atoms with E-state index in [1.54, 1.807) is 6.20 Å². The minimum Gasteiger partial charge on any atom is -0.507 e. The van der Waals surface area contributed by atoms with E-state index in [1.165, 1.54) is 12.0 Å². The van der Waals surface area contributed by atoms with E-state index in [-0.39, 0.29) is 0 Å². The molecule has 0 fully saturated rings. The number of nitrogens with zero attached hydrogens (tertiary/aromatic N) is 1. The van der Waals surface area contributed by atoms with Gasteiger partial charge in [0.05, 0.1) is 6.20 Å². The fraction of sp³-hybridized carbons (Fsp3) is 0.308. The van der Waals surface area contributed by atoms with Gasteiger partial charge in [0.1, 0.15) is 11.6 Å². The summed E-state index contributed by atoms with van der Waals surface area (Å²) in [6.45, 7) is 0. The van der Waals surface area contributed by atoms with E-state index < -0.39 is 0 Å². The highest BCUT2D eigenvalue weighted by atomic mass is 16.3. The zero-order valence-electron chi connectivity index (χ0n) is 9.53. The minimum absolute atomic E-state index is 0.371. The van der Waals surface area contributed by atoms with Crippen LogP contribution in [0.5, 0.6) is 5.75 Å². The van der Waals surface area contributed by atoms with Crippen molar-refractivity contribution in [3.8, 4) is 16.9 Å². The molecule has 1 aromatic carbocycles. The number of benzene rings is 1. The molecule has 1 aliphatic carbocycles. The lowest BCUT2D eigenvalue weighted by atomic mass is 9.88. The summed E-state index contributed by atoms with van der Waals surface area (Å²) in [5.74, 6) is 0.867. The maximum absolute atomic E-state index is 10.3. The van der Waals surface area contributed by atoms with Crippen LogP contribution in [0.2, 0.25) is 0 Å². The van der Waals surface area contributed by atoms with Crippen molar-refractivity contribution in [2.24, 2.45) is 0 Å². The van der Waals surface area contributed by atoms with Crippen LogP contribution in [0.15, 0.2) is 18.3 Å². The number of hydrogen-bond acceptors (Lipinski definition) is 3. The third-order valence-corrected chi connectivity index (χ3v) is 3.46. The molecule has 2 aromatic rings. The SMILES string of the molecule is Nc1[nH]ncc1-c1ccc2c(c1O)CCCC2. The predicted molar refractivity (Wildman–Crippen MR) is 66.7 cm³/mol. The number of fused-ring (bicyclic) bond motifs is 1. The highest BCUT2D eigenvalue weighted by Crippen LogP contribution is 2.38. The first-order valence-corrected chi connectivity index (χ1v) is 5.90. The number of nitrogens with two attached hydrogens (primary N) is 1. The highest BCUT2D eigenvalue weighted by molar-refractivity contribution is 5.79. The molecule has 17 heavy (non-hydrogen) atoms. The van der Waals surface area contributed by atoms with Crippen LogP contribution in [-0.4, -0.2) is 15.3 Å². The molecular formula is C13H15N3O. The topological polar surface area (TPSA) is 74.9 Å². The lowest BCUT2D eigenvalue weighted by Crippen LogP contribution is -2.03. The Morgan fingerprint density at radius 1 is 1.18 bits per heavy atom. The number of H-pyrrole nitrogens is 1. The van der Waals surface area contributed by atoms with Crippen LogP contribution in [0.3, 0.4) is 0 Å². The second-order valence-electron chi connectivity index (χ2n) is 4.50. The molecule has 88 valence electrons. The number of anilines is 1. The van der Waals surface area contributed by atoms with Gasteiger partial charge >= 0.3 is 0 Å². The molecule has 1 aliphatic rings. The largest absolute Gasteiger partial charge is 0.507 e. The minimum atomic E-state index is 0.371. The van der Waals surface area contributed by atoms with Crippen molar-refractivity contribution in [2.75, 3.05) is 5.73 Å². The van der Waals surface area contributed by atoms with Crippen LogP contribution in [0.1, 0.15) is 24.0 Å². The smallest absolute Gasteiger partial charge is 0.127 e. The number of aromatic amines is 1. The molecule has 1 aromatic heterocycles. The number of hydrogen-bond donors (Lipinski definition) is 3. The quantitative estimate of drug-likeness (QED) is 0.702. The van der Waals surface area contributed by atoms with Crippen molar-refractivity contribution in [3.63, 3.8) is 0 Å². The average Bonchev–Trinajstić information content (AvgIpc) is 2.76. The van der Waals surface area contributed by atoms with E-state index in [0.29, 0.717) is 11.6 Å². The maximum atomic E-state index is 10.3. The first-order valence-electron chi connectivity index (χ1n) is 5.90. The van der Waals surface area contributed by atoms with Gasteiger partial charge in [-0.15, -0.1) is 0 Å². The Morgan fingerprint density at radius 3 is 2.76 bits per heavy atom. The van der Waals surface area contributed by atoms with Gasteiger partial charge in [-0.25, -0.2) is 0 Å². The average molecular weight is 229 g/mol. The Hall–Kier alpha value is -1.97. The molecule has 0 aliphatic heterocycles. The van der Waals surface area contributed by atoms with Crippen molar-refractivity contribution in [3.05, 3.63) is 29.5 Å². The Labute approximate surface area is 99.5 Å². The van der Waals surface area contributed by atoms with Crippen LogP contribution in [0, 0.1) is 0 Å². The number of aromatic hydroxyl groups is 1. The van der Waals surface area contributed by atoms with E-state index >= 15 is 0 Å². The summed E-state index contributed by atoms with van der Waals surface area (Å²) in [5.41, 5.74) is 9.68. The second kappa shape index (κ2) is 3.80. The van der Waals surface area contributed by atoms with E-state index in [4.69, 9.17) is 5.73 Å². The summed E-state index contributed by atoms with van der Waals surface area (Å²) in [5, 5.41) is 16.9. The van der Waals surface area contributed by atoms with Gasteiger partial charge in [-0.1, -0.05) is 12.1 Å². The van der Waals surface area contributed by atoms with E-state index in [0.717, 1.165) is 36.0 Å². The van der Waals surface area contributed by atoms with Crippen LogP contribution < -0.4 is 5.73 Å². The maximum Gasteiger partial charge on any atom is 0.127 e. The standard InChI is InChI=1S/C13H15N3O/c14-13-11(7-15-16-13)10-6-5-8-3-1-2-4-9(8)12(10)17/h5-7,17H,1-4H2,(H3,14,15,16). The van der Waals surface area contributed by atoms with Gasteiger partial charge in [0.15, 0.2) is 0 Å².